The summed E-state index contributed by atoms with van der Waals surface area (Å²) < 4.78 is 5.47. The number of amides is 1. The zero-order valence-corrected chi connectivity index (χ0v) is 15.3. The largest absolute Gasteiger partial charge is 0.492 e. The molecule has 0 spiro atoms. The maximum atomic E-state index is 12.2. The fourth-order valence-electron chi connectivity index (χ4n) is 2.49. The third-order valence-electron chi connectivity index (χ3n) is 3.97. The second kappa shape index (κ2) is 8.67. The molecule has 0 saturated heterocycles. The number of ether oxygens (including phenoxy) is 1. The molecule has 2 aromatic rings. The number of nitrogens with two attached hydrogens (primary N) is 1. The highest BCUT2D eigenvalue weighted by molar-refractivity contribution is 5.91. The molecule has 0 aliphatic heterocycles. The van der Waals surface area contributed by atoms with Gasteiger partial charge in [-0.3, -0.25) is 4.79 Å². The fraction of sp³-hybridized carbons (Fsp3) is 0.381. The van der Waals surface area contributed by atoms with Gasteiger partial charge in [0.1, 0.15) is 12.4 Å². The molecule has 0 aliphatic carbocycles. The molecule has 0 aromatic heterocycles. The number of rotatable bonds is 7. The van der Waals surface area contributed by atoms with Crippen LogP contribution in [0, 0.1) is 0 Å². The molecule has 2 rings (SSSR count). The standard InChI is InChI=1S/C21H28N2O2/c1-21(2,3)17-10-7-16(8-11-17)9-12-20(24)23-18-5-4-6-19(15-18)25-14-13-22/h4-8,10-11,15H,9,12-14,22H2,1-3H3,(H,23,24). The van der Waals surface area contributed by atoms with Crippen LogP contribution < -0.4 is 15.8 Å². The van der Waals surface area contributed by atoms with Crippen LogP contribution in [0.5, 0.6) is 5.75 Å². The molecule has 0 fully saturated rings. The van der Waals surface area contributed by atoms with E-state index in [1.807, 2.05) is 24.3 Å². The molecule has 0 heterocycles. The molecular formula is C21H28N2O2. The van der Waals surface area contributed by atoms with Crippen LogP contribution >= 0.6 is 0 Å². The summed E-state index contributed by atoms with van der Waals surface area (Å²) in [5.74, 6) is 0.705. The quantitative estimate of drug-likeness (QED) is 0.803. The third-order valence-corrected chi connectivity index (χ3v) is 3.97. The van der Waals surface area contributed by atoms with E-state index in [4.69, 9.17) is 10.5 Å². The first-order valence-electron chi connectivity index (χ1n) is 8.71. The molecular weight excluding hydrogens is 312 g/mol. The van der Waals surface area contributed by atoms with Crippen molar-refractivity contribution in [1.29, 1.82) is 0 Å². The summed E-state index contributed by atoms with van der Waals surface area (Å²) in [6.45, 7) is 7.51. The van der Waals surface area contributed by atoms with Crippen LogP contribution in [0.25, 0.3) is 0 Å². The van der Waals surface area contributed by atoms with Gasteiger partial charge in [0.05, 0.1) is 0 Å². The molecule has 3 N–H and O–H groups in total. The summed E-state index contributed by atoms with van der Waals surface area (Å²) in [7, 11) is 0. The Morgan fingerprint density at radius 2 is 1.84 bits per heavy atom. The van der Waals surface area contributed by atoms with Gasteiger partial charge in [-0.15, -0.1) is 0 Å². The van der Waals surface area contributed by atoms with E-state index in [2.05, 4.69) is 50.4 Å². The van der Waals surface area contributed by atoms with Crippen molar-refractivity contribution in [3.05, 3.63) is 59.7 Å². The SMILES string of the molecule is CC(C)(C)c1ccc(CCC(=O)Nc2cccc(OCCN)c2)cc1. The number of hydrogen-bond acceptors (Lipinski definition) is 3. The molecule has 0 saturated carbocycles. The summed E-state index contributed by atoms with van der Waals surface area (Å²) in [6.07, 6.45) is 1.17. The highest BCUT2D eigenvalue weighted by Gasteiger charge is 2.13. The van der Waals surface area contributed by atoms with Gasteiger partial charge in [0, 0.05) is 24.7 Å². The van der Waals surface area contributed by atoms with Crippen LogP contribution in [0.1, 0.15) is 38.3 Å². The van der Waals surface area contributed by atoms with Crippen LogP contribution in [-0.2, 0) is 16.6 Å². The van der Waals surface area contributed by atoms with Gasteiger partial charge in [-0.25, -0.2) is 0 Å². The van der Waals surface area contributed by atoms with Crippen molar-refractivity contribution >= 4 is 11.6 Å². The molecule has 134 valence electrons. The van der Waals surface area contributed by atoms with E-state index in [-0.39, 0.29) is 11.3 Å². The second-order valence-electron chi connectivity index (χ2n) is 7.16. The van der Waals surface area contributed by atoms with Gasteiger partial charge in [-0.2, -0.15) is 0 Å². The minimum Gasteiger partial charge on any atom is -0.492 e. The highest BCUT2D eigenvalue weighted by Crippen LogP contribution is 2.22. The third kappa shape index (κ3) is 6.24. The molecule has 2 aromatic carbocycles. The molecule has 4 nitrogen and oxygen atoms in total. The lowest BCUT2D eigenvalue weighted by atomic mass is 9.86. The molecule has 0 unspecified atom stereocenters. The molecule has 1 amide bonds. The van der Waals surface area contributed by atoms with E-state index in [1.54, 1.807) is 0 Å². The number of aryl methyl sites for hydroxylation is 1. The Balaban J connectivity index is 1.86. The van der Waals surface area contributed by atoms with Crippen molar-refractivity contribution in [3.63, 3.8) is 0 Å². The summed E-state index contributed by atoms with van der Waals surface area (Å²) >= 11 is 0. The van der Waals surface area contributed by atoms with E-state index in [1.165, 1.54) is 11.1 Å². The molecule has 0 radical (unpaired) electrons. The van der Waals surface area contributed by atoms with Crippen molar-refractivity contribution in [3.8, 4) is 5.75 Å². The topological polar surface area (TPSA) is 64.3 Å². The van der Waals surface area contributed by atoms with Crippen molar-refractivity contribution in [2.75, 3.05) is 18.5 Å². The summed E-state index contributed by atoms with van der Waals surface area (Å²) in [5.41, 5.74) is 8.78. The van der Waals surface area contributed by atoms with Crippen molar-refractivity contribution in [1.82, 2.24) is 0 Å². The monoisotopic (exact) mass is 340 g/mol. The number of anilines is 1. The minimum atomic E-state index is -0.00382. The number of benzene rings is 2. The Kier molecular flexibility index (Phi) is 6.59. The van der Waals surface area contributed by atoms with Gasteiger partial charge in [-0.1, -0.05) is 51.1 Å². The zero-order valence-electron chi connectivity index (χ0n) is 15.3. The Hall–Kier alpha value is -2.33. The molecule has 4 heteroatoms. The van der Waals surface area contributed by atoms with Gasteiger partial charge < -0.3 is 15.8 Å². The number of nitrogens with one attached hydrogen (secondary N) is 1. The number of carbonyl (C=O) groups is 1. The first-order valence-corrected chi connectivity index (χ1v) is 8.71. The van der Waals surface area contributed by atoms with Gasteiger partial charge in [-0.05, 0) is 35.1 Å². The predicted molar refractivity (Wildman–Crippen MR) is 103 cm³/mol. The van der Waals surface area contributed by atoms with Crippen LogP contribution in [0.15, 0.2) is 48.5 Å². The Morgan fingerprint density at radius 3 is 2.48 bits per heavy atom. The molecule has 25 heavy (non-hydrogen) atoms. The van der Waals surface area contributed by atoms with Crippen molar-refractivity contribution in [2.24, 2.45) is 5.73 Å². The number of hydrogen-bond donors (Lipinski definition) is 2. The lowest BCUT2D eigenvalue weighted by Gasteiger charge is -2.19. The predicted octanol–water partition coefficient (Wildman–Crippen LogP) is 3.89. The van der Waals surface area contributed by atoms with Gasteiger partial charge in [0.2, 0.25) is 5.91 Å². The minimum absolute atomic E-state index is 0.00382. The first kappa shape index (κ1) is 19.0. The van der Waals surface area contributed by atoms with Gasteiger partial charge in [0.25, 0.3) is 0 Å². The maximum absolute atomic E-state index is 12.2. The Bertz CT molecular complexity index is 688. The maximum Gasteiger partial charge on any atom is 0.224 e. The average molecular weight is 340 g/mol. The van der Waals surface area contributed by atoms with E-state index >= 15 is 0 Å². The van der Waals surface area contributed by atoms with E-state index < -0.39 is 0 Å². The molecule has 0 aliphatic rings. The van der Waals surface area contributed by atoms with E-state index in [0.29, 0.717) is 25.3 Å². The zero-order chi connectivity index (χ0) is 18.3. The normalized spacial score (nSPS) is 11.2. The van der Waals surface area contributed by atoms with Crippen LogP contribution in [-0.4, -0.2) is 19.1 Å². The molecule has 0 bridgehead atoms. The summed E-state index contributed by atoms with van der Waals surface area (Å²) in [6, 6.07) is 15.9. The second-order valence-corrected chi connectivity index (χ2v) is 7.16. The van der Waals surface area contributed by atoms with Gasteiger partial charge in [0.15, 0.2) is 0 Å². The summed E-state index contributed by atoms with van der Waals surface area (Å²) in [4.78, 5) is 12.2. The Morgan fingerprint density at radius 1 is 1.12 bits per heavy atom. The number of carbonyl (C=O) groups excluding carboxylic acids is 1. The highest BCUT2D eigenvalue weighted by atomic mass is 16.5. The van der Waals surface area contributed by atoms with Crippen LogP contribution in [0.2, 0.25) is 0 Å². The first-order chi connectivity index (χ1) is 11.9. The van der Waals surface area contributed by atoms with E-state index in [9.17, 15) is 4.79 Å². The molecule has 0 atom stereocenters. The summed E-state index contributed by atoms with van der Waals surface area (Å²) in [5, 5.41) is 2.91. The lowest BCUT2D eigenvalue weighted by molar-refractivity contribution is -0.116. The van der Waals surface area contributed by atoms with Crippen LogP contribution in [0.3, 0.4) is 0 Å². The fourth-order valence-corrected chi connectivity index (χ4v) is 2.49. The van der Waals surface area contributed by atoms with E-state index in [0.717, 1.165) is 12.1 Å². The van der Waals surface area contributed by atoms with Crippen LogP contribution in [0.4, 0.5) is 5.69 Å². The van der Waals surface area contributed by atoms with Gasteiger partial charge >= 0.3 is 0 Å². The Labute approximate surface area is 150 Å². The smallest absolute Gasteiger partial charge is 0.224 e. The van der Waals surface area contributed by atoms with Crippen molar-refractivity contribution < 1.29 is 9.53 Å². The average Bonchev–Trinajstić information content (AvgIpc) is 2.58. The van der Waals surface area contributed by atoms with Crippen molar-refractivity contribution in [2.45, 2.75) is 39.0 Å². The lowest BCUT2D eigenvalue weighted by Crippen LogP contribution is -2.13.